The zero-order valence-corrected chi connectivity index (χ0v) is 11.7. The minimum Gasteiger partial charge on any atom is -0.472 e. The molecule has 0 saturated heterocycles. The lowest BCUT2D eigenvalue weighted by Crippen LogP contribution is -2.46. The topological polar surface area (TPSA) is 59.5 Å². The summed E-state index contributed by atoms with van der Waals surface area (Å²) in [5, 5.41) is 0. The number of furan rings is 1. The summed E-state index contributed by atoms with van der Waals surface area (Å²) in [5.74, 6) is 0.193. The molecule has 0 bridgehead atoms. The summed E-state index contributed by atoms with van der Waals surface area (Å²) in [4.78, 5) is 14.5. The smallest absolute Gasteiger partial charge is 0.230 e. The van der Waals surface area contributed by atoms with Crippen molar-refractivity contribution < 1.29 is 9.21 Å². The highest BCUT2D eigenvalue weighted by Gasteiger charge is 2.39. The summed E-state index contributed by atoms with van der Waals surface area (Å²) in [6.45, 7) is 1.05. The summed E-state index contributed by atoms with van der Waals surface area (Å²) in [7, 11) is 1.86. The molecule has 1 heterocycles. The van der Waals surface area contributed by atoms with E-state index in [4.69, 9.17) is 10.2 Å². The van der Waals surface area contributed by atoms with Crippen LogP contribution in [0.3, 0.4) is 0 Å². The molecule has 0 unspecified atom stereocenters. The summed E-state index contributed by atoms with van der Waals surface area (Å²) < 4.78 is 5.05. The first kappa shape index (κ1) is 14.1. The molecule has 0 radical (unpaired) electrons. The molecule has 0 atom stereocenters. The molecule has 1 aromatic rings. The Morgan fingerprint density at radius 3 is 2.58 bits per heavy atom. The minimum atomic E-state index is -0.338. The van der Waals surface area contributed by atoms with Gasteiger partial charge in [-0.25, -0.2) is 0 Å². The Labute approximate surface area is 114 Å². The van der Waals surface area contributed by atoms with Gasteiger partial charge in [-0.3, -0.25) is 4.79 Å². The highest BCUT2D eigenvalue weighted by atomic mass is 16.3. The van der Waals surface area contributed by atoms with Crippen molar-refractivity contribution in [2.45, 2.75) is 45.1 Å². The Morgan fingerprint density at radius 1 is 1.37 bits per heavy atom. The van der Waals surface area contributed by atoms with Gasteiger partial charge < -0.3 is 15.1 Å². The Kier molecular flexibility index (Phi) is 4.64. The number of nitrogens with two attached hydrogens (primary N) is 1. The first-order valence-corrected chi connectivity index (χ1v) is 7.15. The average Bonchev–Trinajstić information content (AvgIpc) is 2.80. The van der Waals surface area contributed by atoms with E-state index in [-0.39, 0.29) is 11.3 Å². The summed E-state index contributed by atoms with van der Waals surface area (Å²) in [6.07, 6.45) is 9.85. The van der Waals surface area contributed by atoms with Crippen molar-refractivity contribution in [1.82, 2.24) is 4.90 Å². The molecule has 1 aliphatic rings. The number of carbonyl (C=O) groups excluding carboxylic acids is 1. The van der Waals surface area contributed by atoms with Gasteiger partial charge in [-0.15, -0.1) is 0 Å². The fourth-order valence-electron chi connectivity index (χ4n) is 3.04. The van der Waals surface area contributed by atoms with Crippen LogP contribution in [0.15, 0.2) is 23.0 Å². The first-order chi connectivity index (χ1) is 9.18. The van der Waals surface area contributed by atoms with Crippen molar-refractivity contribution >= 4 is 5.91 Å². The second-order valence-electron chi connectivity index (χ2n) is 5.69. The Bertz CT molecular complexity index is 392. The van der Waals surface area contributed by atoms with Crippen molar-refractivity contribution in [2.24, 2.45) is 11.1 Å². The van der Waals surface area contributed by atoms with Crippen LogP contribution in [0.2, 0.25) is 0 Å². The molecule has 106 valence electrons. The number of nitrogens with zero attached hydrogens (tertiary/aromatic N) is 1. The van der Waals surface area contributed by atoms with Gasteiger partial charge in [0, 0.05) is 25.7 Å². The van der Waals surface area contributed by atoms with E-state index in [0.29, 0.717) is 13.1 Å². The molecule has 2 N–H and O–H groups in total. The maximum absolute atomic E-state index is 12.7. The van der Waals surface area contributed by atoms with Crippen LogP contribution in [0.4, 0.5) is 0 Å². The molecule has 1 aromatic heterocycles. The fourth-order valence-corrected chi connectivity index (χ4v) is 3.04. The lowest BCUT2D eigenvalue weighted by Gasteiger charge is -2.34. The molecule has 1 amide bonds. The van der Waals surface area contributed by atoms with Gasteiger partial charge in [0.15, 0.2) is 0 Å². The molecule has 19 heavy (non-hydrogen) atoms. The molecule has 1 aliphatic carbocycles. The van der Waals surface area contributed by atoms with Crippen LogP contribution in [0.5, 0.6) is 0 Å². The summed E-state index contributed by atoms with van der Waals surface area (Å²) in [6, 6.07) is 1.89. The van der Waals surface area contributed by atoms with Crippen LogP contribution in [-0.2, 0) is 11.3 Å². The Balaban J connectivity index is 2.06. The predicted molar refractivity (Wildman–Crippen MR) is 74.4 cm³/mol. The van der Waals surface area contributed by atoms with E-state index in [0.717, 1.165) is 31.2 Å². The number of carbonyl (C=O) groups is 1. The van der Waals surface area contributed by atoms with E-state index in [1.807, 2.05) is 13.1 Å². The molecule has 4 heteroatoms. The molecular weight excluding hydrogens is 240 g/mol. The number of amides is 1. The minimum absolute atomic E-state index is 0.193. The van der Waals surface area contributed by atoms with Crippen LogP contribution < -0.4 is 5.73 Å². The molecule has 0 spiro atoms. The highest BCUT2D eigenvalue weighted by molar-refractivity contribution is 5.82. The molecule has 1 saturated carbocycles. The predicted octanol–water partition coefficient (Wildman–Crippen LogP) is 2.54. The molecular formula is C15H24N2O2. The zero-order chi connectivity index (χ0) is 13.7. The van der Waals surface area contributed by atoms with E-state index in [1.54, 1.807) is 17.4 Å². The van der Waals surface area contributed by atoms with E-state index in [2.05, 4.69) is 0 Å². The van der Waals surface area contributed by atoms with Crippen LogP contribution in [0.1, 0.15) is 44.1 Å². The normalized spacial score (nSPS) is 18.8. The monoisotopic (exact) mass is 264 g/mol. The van der Waals surface area contributed by atoms with Gasteiger partial charge in [-0.2, -0.15) is 0 Å². The zero-order valence-electron chi connectivity index (χ0n) is 11.7. The third-order valence-corrected chi connectivity index (χ3v) is 4.25. The van der Waals surface area contributed by atoms with Crippen molar-refractivity contribution in [3.63, 3.8) is 0 Å². The SMILES string of the molecule is CN(Cc1ccoc1)C(=O)C1(CN)CCCCCC1. The Morgan fingerprint density at radius 2 is 2.05 bits per heavy atom. The summed E-state index contributed by atoms with van der Waals surface area (Å²) in [5.41, 5.74) is 6.64. The van der Waals surface area contributed by atoms with Gasteiger partial charge in [0.05, 0.1) is 17.9 Å². The fraction of sp³-hybridized carbons (Fsp3) is 0.667. The van der Waals surface area contributed by atoms with E-state index < -0.39 is 0 Å². The van der Waals surface area contributed by atoms with Crippen LogP contribution in [-0.4, -0.2) is 24.4 Å². The van der Waals surface area contributed by atoms with Crippen LogP contribution >= 0.6 is 0 Å². The van der Waals surface area contributed by atoms with E-state index in [9.17, 15) is 4.79 Å². The third-order valence-electron chi connectivity index (χ3n) is 4.25. The number of rotatable bonds is 4. The van der Waals surface area contributed by atoms with Gasteiger partial charge in [0.2, 0.25) is 5.91 Å². The van der Waals surface area contributed by atoms with E-state index in [1.165, 1.54) is 12.8 Å². The van der Waals surface area contributed by atoms with Gasteiger partial charge >= 0.3 is 0 Å². The van der Waals surface area contributed by atoms with Crippen molar-refractivity contribution in [3.05, 3.63) is 24.2 Å². The van der Waals surface area contributed by atoms with Crippen molar-refractivity contribution in [2.75, 3.05) is 13.6 Å². The lowest BCUT2D eigenvalue weighted by molar-refractivity contribution is -0.141. The van der Waals surface area contributed by atoms with Gasteiger partial charge in [0.1, 0.15) is 0 Å². The maximum Gasteiger partial charge on any atom is 0.230 e. The molecule has 4 nitrogen and oxygen atoms in total. The quantitative estimate of drug-likeness (QED) is 0.850. The average molecular weight is 264 g/mol. The molecule has 2 rings (SSSR count). The molecule has 1 fully saturated rings. The van der Waals surface area contributed by atoms with Crippen molar-refractivity contribution in [1.29, 1.82) is 0 Å². The summed E-state index contributed by atoms with van der Waals surface area (Å²) >= 11 is 0. The van der Waals surface area contributed by atoms with E-state index >= 15 is 0 Å². The first-order valence-electron chi connectivity index (χ1n) is 7.15. The lowest BCUT2D eigenvalue weighted by atomic mass is 9.79. The number of hydrogen-bond acceptors (Lipinski definition) is 3. The van der Waals surface area contributed by atoms with Gasteiger partial charge in [-0.1, -0.05) is 25.7 Å². The van der Waals surface area contributed by atoms with Crippen LogP contribution in [0, 0.1) is 5.41 Å². The van der Waals surface area contributed by atoms with Gasteiger partial charge in [-0.05, 0) is 18.9 Å². The second-order valence-corrected chi connectivity index (χ2v) is 5.69. The Hall–Kier alpha value is -1.29. The van der Waals surface area contributed by atoms with Gasteiger partial charge in [0.25, 0.3) is 0 Å². The molecule has 0 aliphatic heterocycles. The standard InChI is InChI=1S/C15H24N2O2/c1-17(10-13-6-9-19-11-13)14(18)15(12-16)7-4-2-3-5-8-15/h6,9,11H,2-5,7-8,10,12,16H2,1H3. The number of hydrogen-bond donors (Lipinski definition) is 1. The molecule has 0 aromatic carbocycles. The third kappa shape index (κ3) is 3.18. The van der Waals surface area contributed by atoms with Crippen LogP contribution in [0.25, 0.3) is 0 Å². The largest absolute Gasteiger partial charge is 0.472 e. The highest BCUT2D eigenvalue weighted by Crippen LogP contribution is 2.36. The van der Waals surface area contributed by atoms with Crippen molar-refractivity contribution in [3.8, 4) is 0 Å². The maximum atomic E-state index is 12.7. The second kappa shape index (κ2) is 6.24.